The second-order valence-corrected chi connectivity index (χ2v) is 3.36. The van der Waals surface area contributed by atoms with Crippen molar-refractivity contribution in [1.29, 1.82) is 0 Å². The fourth-order valence-corrected chi connectivity index (χ4v) is 0.881. The van der Waals surface area contributed by atoms with Crippen LogP contribution in [-0.2, 0) is 4.74 Å². The van der Waals surface area contributed by atoms with Gasteiger partial charge in [0.15, 0.2) is 0 Å². The van der Waals surface area contributed by atoms with E-state index in [4.69, 9.17) is 4.74 Å². The molecule has 0 rings (SSSR count). The summed E-state index contributed by atoms with van der Waals surface area (Å²) in [6, 6.07) is 0. The molecule has 2 nitrogen and oxygen atoms in total. The van der Waals surface area contributed by atoms with E-state index in [1.54, 1.807) is 0 Å². The van der Waals surface area contributed by atoms with Crippen LogP contribution in [0.1, 0.15) is 20.3 Å². The molecule has 0 bridgehead atoms. The Morgan fingerprint density at radius 3 is 2.45 bits per heavy atom. The zero-order valence-electron chi connectivity index (χ0n) is 8.26. The Kier molecular flexibility index (Phi) is 6.57. The molecule has 0 spiro atoms. The van der Waals surface area contributed by atoms with Crippen LogP contribution in [0.5, 0.6) is 0 Å². The molecule has 2 heteroatoms. The monoisotopic (exact) mass is 159 g/mol. The normalized spacial score (nSPS) is 13.9. The van der Waals surface area contributed by atoms with Gasteiger partial charge in [-0.3, -0.25) is 0 Å². The van der Waals surface area contributed by atoms with Crippen molar-refractivity contribution in [1.82, 2.24) is 4.90 Å². The molecule has 0 aliphatic rings. The van der Waals surface area contributed by atoms with Crippen LogP contribution in [0.3, 0.4) is 0 Å². The van der Waals surface area contributed by atoms with E-state index in [1.807, 2.05) is 6.92 Å². The van der Waals surface area contributed by atoms with Gasteiger partial charge < -0.3 is 9.64 Å². The highest BCUT2D eigenvalue weighted by Crippen LogP contribution is 2.02. The summed E-state index contributed by atoms with van der Waals surface area (Å²) in [4.78, 5) is 2.21. The lowest BCUT2D eigenvalue weighted by atomic mass is 10.1. The van der Waals surface area contributed by atoms with Crippen molar-refractivity contribution in [3.63, 3.8) is 0 Å². The summed E-state index contributed by atoms with van der Waals surface area (Å²) in [5.74, 6) is 0.692. The molecule has 0 aromatic rings. The Bertz CT molecular complexity index is 83.6. The van der Waals surface area contributed by atoms with E-state index in [0.29, 0.717) is 5.92 Å². The SMILES string of the molecule is CCOCC(C)CCN(C)C. The van der Waals surface area contributed by atoms with E-state index in [-0.39, 0.29) is 0 Å². The molecule has 0 saturated heterocycles. The third kappa shape index (κ3) is 7.82. The fourth-order valence-electron chi connectivity index (χ4n) is 0.881. The standard InChI is InChI=1S/C9H21NO/c1-5-11-8-9(2)6-7-10(3)4/h9H,5-8H2,1-4H3. The molecule has 0 fully saturated rings. The number of rotatable bonds is 6. The van der Waals surface area contributed by atoms with Crippen LogP contribution in [0.4, 0.5) is 0 Å². The molecule has 68 valence electrons. The predicted molar refractivity (Wildman–Crippen MR) is 48.8 cm³/mol. The van der Waals surface area contributed by atoms with Gasteiger partial charge in [-0.2, -0.15) is 0 Å². The van der Waals surface area contributed by atoms with E-state index in [1.165, 1.54) is 6.42 Å². The first kappa shape index (κ1) is 10.9. The molecule has 0 aromatic heterocycles. The van der Waals surface area contributed by atoms with Crippen LogP contribution in [0.2, 0.25) is 0 Å². The summed E-state index contributed by atoms with van der Waals surface area (Å²) in [5.41, 5.74) is 0. The van der Waals surface area contributed by atoms with Gasteiger partial charge in [-0.25, -0.2) is 0 Å². The van der Waals surface area contributed by atoms with E-state index in [2.05, 4.69) is 25.9 Å². The number of ether oxygens (including phenoxy) is 1. The summed E-state index contributed by atoms with van der Waals surface area (Å²) >= 11 is 0. The average molecular weight is 159 g/mol. The first-order chi connectivity index (χ1) is 5.16. The van der Waals surface area contributed by atoms with Crippen molar-refractivity contribution in [3.8, 4) is 0 Å². The van der Waals surface area contributed by atoms with Gasteiger partial charge >= 0.3 is 0 Å². The Morgan fingerprint density at radius 1 is 1.36 bits per heavy atom. The maximum atomic E-state index is 5.31. The minimum absolute atomic E-state index is 0.692. The summed E-state index contributed by atoms with van der Waals surface area (Å²) in [7, 11) is 4.21. The van der Waals surface area contributed by atoms with Gasteiger partial charge in [-0.15, -0.1) is 0 Å². The maximum absolute atomic E-state index is 5.31. The van der Waals surface area contributed by atoms with Crippen molar-refractivity contribution in [2.24, 2.45) is 5.92 Å². The summed E-state index contributed by atoms with van der Waals surface area (Å²) in [5, 5.41) is 0. The summed E-state index contributed by atoms with van der Waals surface area (Å²) < 4.78 is 5.31. The van der Waals surface area contributed by atoms with Crippen LogP contribution in [0.15, 0.2) is 0 Å². The highest BCUT2D eigenvalue weighted by Gasteiger charge is 2.01. The van der Waals surface area contributed by atoms with Gasteiger partial charge in [-0.05, 0) is 39.9 Å². The van der Waals surface area contributed by atoms with Crippen LogP contribution >= 0.6 is 0 Å². The Balaban J connectivity index is 3.15. The highest BCUT2D eigenvalue weighted by molar-refractivity contribution is 4.53. The lowest BCUT2D eigenvalue weighted by Gasteiger charge is -2.14. The number of nitrogens with zero attached hydrogens (tertiary/aromatic N) is 1. The number of hydrogen-bond donors (Lipinski definition) is 0. The van der Waals surface area contributed by atoms with Gasteiger partial charge in [0.05, 0.1) is 0 Å². The molecule has 0 saturated carbocycles. The minimum Gasteiger partial charge on any atom is -0.381 e. The first-order valence-corrected chi connectivity index (χ1v) is 4.39. The average Bonchev–Trinajstić information content (AvgIpc) is 1.97. The fraction of sp³-hybridized carbons (Fsp3) is 1.00. The zero-order chi connectivity index (χ0) is 8.69. The Morgan fingerprint density at radius 2 is 2.00 bits per heavy atom. The van der Waals surface area contributed by atoms with Crippen molar-refractivity contribution in [2.45, 2.75) is 20.3 Å². The smallest absolute Gasteiger partial charge is 0.0491 e. The molecular formula is C9H21NO. The molecule has 0 radical (unpaired) electrons. The Hall–Kier alpha value is -0.0800. The van der Waals surface area contributed by atoms with E-state index in [9.17, 15) is 0 Å². The molecule has 1 atom stereocenters. The van der Waals surface area contributed by atoms with Gasteiger partial charge in [0.25, 0.3) is 0 Å². The molecule has 0 amide bonds. The van der Waals surface area contributed by atoms with E-state index in [0.717, 1.165) is 19.8 Å². The predicted octanol–water partition coefficient (Wildman–Crippen LogP) is 1.61. The van der Waals surface area contributed by atoms with E-state index < -0.39 is 0 Å². The van der Waals surface area contributed by atoms with Gasteiger partial charge in [0.2, 0.25) is 0 Å². The molecule has 0 aliphatic carbocycles. The lowest BCUT2D eigenvalue weighted by molar-refractivity contribution is 0.110. The molecule has 0 N–H and O–H groups in total. The molecule has 11 heavy (non-hydrogen) atoms. The lowest BCUT2D eigenvalue weighted by Crippen LogP contribution is -2.17. The quantitative estimate of drug-likeness (QED) is 0.584. The third-order valence-corrected chi connectivity index (χ3v) is 1.68. The van der Waals surface area contributed by atoms with Crippen LogP contribution in [0, 0.1) is 5.92 Å². The zero-order valence-corrected chi connectivity index (χ0v) is 8.26. The van der Waals surface area contributed by atoms with Gasteiger partial charge in [0.1, 0.15) is 0 Å². The first-order valence-electron chi connectivity index (χ1n) is 4.39. The second-order valence-electron chi connectivity index (χ2n) is 3.36. The van der Waals surface area contributed by atoms with Crippen molar-refractivity contribution in [2.75, 3.05) is 33.9 Å². The largest absolute Gasteiger partial charge is 0.381 e. The number of hydrogen-bond acceptors (Lipinski definition) is 2. The molecular weight excluding hydrogens is 138 g/mol. The molecule has 0 heterocycles. The molecule has 1 unspecified atom stereocenters. The third-order valence-electron chi connectivity index (χ3n) is 1.68. The molecule has 0 aliphatic heterocycles. The van der Waals surface area contributed by atoms with Crippen LogP contribution in [-0.4, -0.2) is 38.8 Å². The van der Waals surface area contributed by atoms with Gasteiger partial charge in [-0.1, -0.05) is 6.92 Å². The summed E-state index contributed by atoms with van der Waals surface area (Å²) in [6.07, 6.45) is 1.23. The van der Waals surface area contributed by atoms with E-state index >= 15 is 0 Å². The maximum Gasteiger partial charge on any atom is 0.0491 e. The topological polar surface area (TPSA) is 12.5 Å². The Labute approximate surface area is 70.5 Å². The van der Waals surface area contributed by atoms with Gasteiger partial charge in [0, 0.05) is 13.2 Å². The molecule has 0 aromatic carbocycles. The van der Waals surface area contributed by atoms with Crippen LogP contribution in [0.25, 0.3) is 0 Å². The van der Waals surface area contributed by atoms with Crippen molar-refractivity contribution < 1.29 is 4.74 Å². The van der Waals surface area contributed by atoms with Crippen LogP contribution < -0.4 is 0 Å². The highest BCUT2D eigenvalue weighted by atomic mass is 16.5. The van der Waals surface area contributed by atoms with Crippen molar-refractivity contribution in [3.05, 3.63) is 0 Å². The minimum atomic E-state index is 0.692. The summed E-state index contributed by atoms with van der Waals surface area (Å²) in [6.45, 7) is 7.18. The van der Waals surface area contributed by atoms with Crippen molar-refractivity contribution >= 4 is 0 Å². The second kappa shape index (κ2) is 6.62.